The van der Waals surface area contributed by atoms with E-state index in [2.05, 4.69) is 23.8 Å². The molecule has 1 saturated carbocycles. The van der Waals surface area contributed by atoms with Crippen LogP contribution in [0.25, 0.3) is 5.69 Å². The number of carbonyl (C=O) groups excluding carboxylic acids is 1. The third-order valence-electron chi connectivity index (χ3n) is 6.85. The number of primary amides is 1. The van der Waals surface area contributed by atoms with Gasteiger partial charge in [-0.05, 0) is 80.0 Å². The van der Waals surface area contributed by atoms with Gasteiger partial charge in [0, 0.05) is 18.0 Å². The molecule has 1 saturated heterocycles. The van der Waals surface area contributed by atoms with Crippen molar-refractivity contribution in [3.63, 3.8) is 0 Å². The first-order chi connectivity index (χ1) is 14.4. The smallest absolute Gasteiger partial charge is 0.250 e. The number of anilines is 1. The Balaban J connectivity index is 1.55. The van der Waals surface area contributed by atoms with E-state index in [1.54, 1.807) is 0 Å². The summed E-state index contributed by atoms with van der Waals surface area (Å²) in [5, 5.41) is 8.58. The highest BCUT2D eigenvalue weighted by Crippen LogP contribution is 2.40. The molecule has 3 N–H and O–H groups in total. The number of ether oxygens (including phenoxy) is 1. The lowest BCUT2D eigenvalue weighted by molar-refractivity contribution is 0.100. The van der Waals surface area contributed by atoms with Crippen LogP contribution >= 0.6 is 0 Å². The number of hydrogen-bond donors (Lipinski definition) is 2. The summed E-state index contributed by atoms with van der Waals surface area (Å²) in [7, 11) is 0. The topological polar surface area (TPSA) is 82.2 Å². The van der Waals surface area contributed by atoms with Crippen molar-refractivity contribution in [3.8, 4) is 5.69 Å². The zero-order chi connectivity index (χ0) is 20.9. The summed E-state index contributed by atoms with van der Waals surface area (Å²) in [5.74, 6) is 0.394. The standard InChI is InChI=1S/C24H32N4O2/c1-24(2)9-7-18-21(11-15-3-4-15)27-28(22(18)13-24)17-5-6-19(23(25)29)20(12-17)26-16-8-10-30-14-16/h5-6,12,15-16,26H,3-4,7-11,13-14H2,1-2H3,(H2,25,29)/t16-/m1/s1. The van der Waals surface area contributed by atoms with Crippen molar-refractivity contribution >= 4 is 11.6 Å². The first-order valence-electron chi connectivity index (χ1n) is 11.3. The van der Waals surface area contributed by atoms with Crippen molar-refractivity contribution in [2.24, 2.45) is 17.1 Å². The largest absolute Gasteiger partial charge is 0.379 e. The van der Waals surface area contributed by atoms with E-state index in [4.69, 9.17) is 15.6 Å². The molecule has 0 radical (unpaired) electrons. The summed E-state index contributed by atoms with van der Waals surface area (Å²) in [6.07, 6.45) is 8.03. The number of carbonyl (C=O) groups is 1. The molecule has 30 heavy (non-hydrogen) atoms. The lowest BCUT2D eigenvalue weighted by atomic mass is 9.76. The second-order valence-electron chi connectivity index (χ2n) is 10.1. The van der Waals surface area contributed by atoms with Crippen LogP contribution in [0, 0.1) is 11.3 Å². The van der Waals surface area contributed by atoms with Gasteiger partial charge in [-0.15, -0.1) is 0 Å². The monoisotopic (exact) mass is 408 g/mol. The predicted octanol–water partition coefficient (Wildman–Crippen LogP) is 3.64. The molecule has 1 aromatic heterocycles. The van der Waals surface area contributed by atoms with Crippen LogP contribution in [0.3, 0.4) is 0 Å². The third kappa shape index (κ3) is 3.85. The van der Waals surface area contributed by atoms with E-state index in [0.29, 0.717) is 12.2 Å². The summed E-state index contributed by atoms with van der Waals surface area (Å²) >= 11 is 0. The predicted molar refractivity (Wildman–Crippen MR) is 117 cm³/mol. The summed E-state index contributed by atoms with van der Waals surface area (Å²) < 4.78 is 7.63. The van der Waals surface area contributed by atoms with E-state index in [-0.39, 0.29) is 11.5 Å². The number of nitrogens with one attached hydrogen (secondary N) is 1. The lowest BCUT2D eigenvalue weighted by Crippen LogP contribution is -2.24. The Bertz CT molecular complexity index is 968. The van der Waals surface area contributed by atoms with Gasteiger partial charge in [-0.1, -0.05) is 13.8 Å². The summed E-state index contributed by atoms with van der Waals surface area (Å²) in [6, 6.07) is 6.05. The molecule has 0 bridgehead atoms. The van der Waals surface area contributed by atoms with E-state index >= 15 is 0 Å². The number of aromatic nitrogens is 2. The molecule has 2 fully saturated rings. The zero-order valence-electron chi connectivity index (χ0n) is 18.0. The normalized spacial score (nSPS) is 22.7. The van der Waals surface area contributed by atoms with E-state index in [1.807, 2.05) is 18.2 Å². The van der Waals surface area contributed by atoms with Crippen molar-refractivity contribution in [1.29, 1.82) is 0 Å². The van der Waals surface area contributed by atoms with Gasteiger partial charge in [-0.3, -0.25) is 4.79 Å². The Labute approximate surface area is 178 Å². The number of benzene rings is 1. The Morgan fingerprint density at radius 2 is 2.17 bits per heavy atom. The molecule has 0 unspecified atom stereocenters. The molecule has 2 aliphatic carbocycles. The lowest BCUT2D eigenvalue weighted by Gasteiger charge is -2.30. The highest BCUT2D eigenvalue weighted by Gasteiger charge is 2.33. The number of rotatable bonds is 6. The van der Waals surface area contributed by atoms with Crippen LogP contribution in [0.2, 0.25) is 0 Å². The van der Waals surface area contributed by atoms with Gasteiger partial charge in [0.05, 0.1) is 29.6 Å². The highest BCUT2D eigenvalue weighted by atomic mass is 16.5. The van der Waals surface area contributed by atoms with E-state index < -0.39 is 5.91 Å². The molecule has 160 valence electrons. The summed E-state index contributed by atoms with van der Waals surface area (Å²) in [5.41, 5.74) is 12.3. The molecule has 2 heterocycles. The number of fused-ring (bicyclic) bond motifs is 1. The fourth-order valence-electron chi connectivity index (χ4n) is 4.85. The van der Waals surface area contributed by atoms with Crippen LogP contribution in [0.1, 0.15) is 66.8 Å². The van der Waals surface area contributed by atoms with Crippen LogP contribution in [0.15, 0.2) is 18.2 Å². The van der Waals surface area contributed by atoms with Crippen LogP contribution in [-0.2, 0) is 24.0 Å². The molecule has 6 heteroatoms. The Morgan fingerprint density at radius 3 is 2.87 bits per heavy atom. The minimum Gasteiger partial charge on any atom is -0.379 e. The number of nitrogens with zero attached hydrogens (tertiary/aromatic N) is 2. The summed E-state index contributed by atoms with van der Waals surface area (Å²) in [4.78, 5) is 12.0. The number of hydrogen-bond acceptors (Lipinski definition) is 4. The summed E-state index contributed by atoms with van der Waals surface area (Å²) in [6.45, 7) is 6.09. The fourth-order valence-corrected chi connectivity index (χ4v) is 4.85. The Kier molecular flexibility index (Phi) is 4.85. The minimum absolute atomic E-state index is 0.203. The maximum absolute atomic E-state index is 12.0. The molecule has 6 nitrogen and oxygen atoms in total. The maximum Gasteiger partial charge on any atom is 0.250 e. The zero-order valence-corrected chi connectivity index (χ0v) is 18.0. The second kappa shape index (κ2) is 7.41. The van der Waals surface area contributed by atoms with Gasteiger partial charge in [0.2, 0.25) is 0 Å². The highest BCUT2D eigenvalue weighted by molar-refractivity contribution is 5.99. The van der Waals surface area contributed by atoms with Gasteiger partial charge < -0.3 is 15.8 Å². The second-order valence-corrected chi connectivity index (χ2v) is 10.1. The molecule has 3 aliphatic rings. The first-order valence-corrected chi connectivity index (χ1v) is 11.3. The molecule has 1 amide bonds. The Hall–Kier alpha value is -2.34. The number of nitrogens with two attached hydrogens (primary N) is 1. The van der Waals surface area contributed by atoms with Gasteiger partial charge >= 0.3 is 0 Å². The van der Waals surface area contributed by atoms with E-state index in [0.717, 1.165) is 49.6 Å². The molecular formula is C24H32N4O2. The molecular weight excluding hydrogens is 376 g/mol. The van der Waals surface area contributed by atoms with Crippen molar-refractivity contribution in [2.75, 3.05) is 18.5 Å². The molecule has 2 aromatic rings. The fraction of sp³-hybridized carbons (Fsp3) is 0.583. The van der Waals surface area contributed by atoms with E-state index in [9.17, 15) is 4.79 Å². The van der Waals surface area contributed by atoms with Crippen molar-refractivity contribution in [2.45, 2.75) is 64.8 Å². The van der Waals surface area contributed by atoms with Crippen molar-refractivity contribution in [3.05, 3.63) is 40.7 Å². The minimum atomic E-state index is -0.416. The molecule has 1 aromatic carbocycles. The average molecular weight is 409 g/mol. The Morgan fingerprint density at radius 1 is 1.33 bits per heavy atom. The van der Waals surface area contributed by atoms with Gasteiger partial charge in [-0.25, -0.2) is 4.68 Å². The molecule has 0 spiro atoms. The van der Waals surface area contributed by atoms with Crippen LogP contribution in [0.5, 0.6) is 0 Å². The van der Waals surface area contributed by atoms with Gasteiger partial charge in [0.1, 0.15) is 0 Å². The van der Waals surface area contributed by atoms with Gasteiger partial charge in [0.15, 0.2) is 0 Å². The van der Waals surface area contributed by atoms with Gasteiger partial charge in [0.25, 0.3) is 5.91 Å². The van der Waals surface area contributed by atoms with Crippen molar-refractivity contribution in [1.82, 2.24) is 9.78 Å². The SMILES string of the molecule is CC1(C)CCc2c(CC3CC3)nn(-c3ccc(C(N)=O)c(N[C@@H]4CCOC4)c3)c2C1. The molecule has 5 rings (SSSR count). The van der Waals surface area contributed by atoms with Crippen LogP contribution in [0.4, 0.5) is 5.69 Å². The van der Waals surface area contributed by atoms with Crippen molar-refractivity contribution < 1.29 is 9.53 Å². The van der Waals surface area contributed by atoms with Crippen LogP contribution in [-0.4, -0.2) is 34.9 Å². The average Bonchev–Trinajstić information content (AvgIpc) is 3.23. The van der Waals surface area contributed by atoms with Gasteiger partial charge in [-0.2, -0.15) is 5.10 Å². The van der Waals surface area contributed by atoms with E-state index in [1.165, 1.54) is 36.2 Å². The maximum atomic E-state index is 12.0. The van der Waals surface area contributed by atoms with Crippen LogP contribution < -0.4 is 11.1 Å². The number of amides is 1. The quantitative estimate of drug-likeness (QED) is 0.765. The molecule has 1 aliphatic heterocycles. The molecule has 1 atom stereocenters. The first kappa shape index (κ1) is 19.6. The third-order valence-corrected chi connectivity index (χ3v) is 6.85.